The molecule has 1 amide bonds. The van der Waals surface area contributed by atoms with Crippen molar-refractivity contribution in [3.63, 3.8) is 0 Å². The number of nitrogens with one attached hydrogen (secondary N) is 1. The summed E-state index contributed by atoms with van der Waals surface area (Å²) >= 11 is 1.30. The van der Waals surface area contributed by atoms with Crippen molar-refractivity contribution in [3.8, 4) is 11.5 Å². The Balaban J connectivity index is 1.30. The number of carbonyl (C=O) groups is 1. The number of methoxy groups -OCH3 is 1. The van der Waals surface area contributed by atoms with Gasteiger partial charge in [0, 0.05) is 26.1 Å². The first-order chi connectivity index (χ1) is 17.0. The summed E-state index contributed by atoms with van der Waals surface area (Å²) in [4.78, 5) is 32.2. The van der Waals surface area contributed by atoms with Crippen LogP contribution < -0.4 is 20.3 Å². The van der Waals surface area contributed by atoms with Crippen molar-refractivity contribution in [2.45, 2.75) is 64.6 Å². The molecule has 35 heavy (non-hydrogen) atoms. The lowest BCUT2D eigenvalue weighted by Crippen LogP contribution is -2.25. The van der Waals surface area contributed by atoms with Crippen molar-refractivity contribution in [2.75, 3.05) is 20.3 Å². The van der Waals surface area contributed by atoms with Gasteiger partial charge in [0.1, 0.15) is 17.3 Å². The van der Waals surface area contributed by atoms with Crippen LogP contribution in [0.4, 0.5) is 0 Å². The molecular formula is C26H31N3O5S. The number of carbonyl (C=O) groups excluding carboxylic acids is 1. The van der Waals surface area contributed by atoms with Crippen LogP contribution in [-0.2, 0) is 24.2 Å². The Morgan fingerprint density at radius 1 is 1.26 bits per heavy atom. The van der Waals surface area contributed by atoms with E-state index in [2.05, 4.69) is 5.32 Å². The number of hydrogen-bond acceptors (Lipinski definition) is 7. The minimum atomic E-state index is -0.206. The fourth-order valence-electron chi connectivity index (χ4n) is 4.79. The molecule has 1 fully saturated rings. The van der Waals surface area contributed by atoms with Crippen LogP contribution in [0.25, 0.3) is 10.2 Å². The Morgan fingerprint density at radius 3 is 2.94 bits per heavy atom. The molecule has 2 aliphatic rings. The lowest BCUT2D eigenvalue weighted by Gasteiger charge is -2.15. The highest BCUT2D eigenvalue weighted by molar-refractivity contribution is 7.20. The maximum Gasteiger partial charge on any atom is 0.262 e. The minimum absolute atomic E-state index is 0.0250. The van der Waals surface area contributed by atoms with Crippen molar-refractivity contribution >= 4 is 27.5 Å². The van der Waals surface area contributed by atoms with Gasteiger partial charge >= 0.3 is 0 Å². The van der Waals surface area contributed by atoms with Crippen LogP contribution in [0.15, 0.2) is 23.0 Å². The molecule has 3 aromatic rings. The van der Waals surface area contributed by atoms with Crippen molar-refractivity contribution in [2.24, 2.45) is 0 Å². The minimum Gasteiger partial charge on any atom is -0.493 e. The fraction of sp³-hybridized carbons (Fsp3) is 0.500. The summed E-state index contributed by atoms with van der Waals surface area (Å²) in [5, 5.41) is 3.55. The lowest BCUT2D eigenvalue weighted by atomic mass is 10.1. The number of hydrogen-bond donors (Lipinski definition) is 1. The number of thiophene rings is 1. The number of fused-ring (bicyclic) bond motifs is 2. The number of ether oxygens (including phenoxy) is 3. The number of benzene rings is 1. The zero-order chi connectivity index (χ0) is 24.4. The van der Waals surface area contributed by atoms with Gasteiger partial charge in [0.2, 0.25) is 0 Å². The second kappa shape index (κ2) is 10.4. The molecule has 1 atom stereocenters. The van der Waals surface area contributed by atoms with Crippen LogP contribution in [-0.4, -0.2) is 41.9 Å². The molecule has 186 valence electrons. The lowest BCUT2D eigenvalue weighted by molar-refractivity contribution is 0.0669. The number of aromatic nitrogens is 2. The van der Waals surface area contributed by atoms with Gasteiger partial charge < -0.3 is 19.5 Å². The molecule has 9 heteroatoms. The number of aryl methyl sites for hydroxylation is 2. The zero-order valence-electron chi connectivity index (χ0n) is 20.2. The van der Waals surface area contributed by atoms with Gasteiger partial charge in [0.05, 0.1) is 23.5 Å². The predicted molar refractivity (Wildman–Crippen MR) is 135 cm³/mol. The molecule has 0 saturated carbocycles. The van der Waals surface area contributed by atoms with Crippen LogP contribution in [0.2, 0.25) is 0 Å². The molecule has 2 aliphatic heterocycles. The van der Waals surface area contributed by atoms with Gasteiger partial charge in [0.25, 0.3) is 11.5 Å². The maximum atomic E-state index is 13.2. The van der Waals surface area contributed by atoms with E-state index in [9.17, 15) is 9.59 Å². The monoisotopic (exact) mass is 497 g/mol. The molecule has 1 saturated heterocycles. The summed E-state index contributed by atoms with van der Waals surface area (Å²) < 4.78 is 18.8. The summed E-state index contributed by atoms with van der Waals surface area (Å²) in [5.41, 5.74) is 1.57. The third-order valence-electron chi connectivity index (χ3n) is 6.75. The summed E-state index contributed by atoms with van der Waals surface area (Å²) in [6, 6.07) is 5.64. The first-order valence-electron chi connectivity index (χ1n) is 12.3. The van der Waals surface area contributed by atoms with Gasteiger partial charge in [-0.2, -0.15) is 0 Å². The molecule has 2 aromatic heterocycles. The highest BCUT2D eigenvalue weighted by Crippen LogP contribution is 2.30. The second-order valence-electron chi connectivity index (χ2n) is 9.15. The molecule has 1 aromatic carbocycles. The van der Waals surface area contributed by atoms with E-state index in [0.29, 0.717) is 51.9 Å². The fourth-order valence-corrected chi connectivity index (χ4v) is 5.90. The highest BCUT2D eigenvalue weighted by atomic mass is 32.1. The molecule has 0 radical (unpaired) electrons. The average molecular weight is 498 g/mol. The number of amides is 1. The third kappa shape index (κ3) is 4.92. The van der Waals surface area contributed by atoms with E-state index >= 15 is 0 Å². The van der Waals surface area contributed by atoms with Crippen molar-refractivity contribution in [3.05, 3.63) is 50.4 Å². The van der Waals surface area contributed by atoms with Crippen LogP contribution in [0, 0.1) is 6.92 Å². The Hall–Kier alpha value is -2.91. The van der Waals surface area contributed by atoms with E-state index in [1.54, 1.807) is 11.7 Å². The molecule has 0 aliphatic carbocycles. The summed E-state index contributed by atoms with van der Waals surface area (Å²) in [7, 11) is 1.60. The van der Waals surface area contributed by atoms with Gasteiger partial charge in [-0.05, 0) is 55.9 Å². The molecule has 5 rings (SSSR count). The molecular weight excluding hydrogens is 466 g/mol. The van der Waals surface area contributed by atoms with E-state index in [1.807, 2.05) is 25.1 Å². The van der Waals surface area contributed by atoms with E-state index < -0.39 is 0 Å². The Morgan fingerprint density at radius 2 is 2.14 bits per heavy atom. The van der Waals surface area contributed by atoms with Gasteiger partial charge in [-0.1, -0.05) is 12.5 Å². The standard InChI is InChI=1S/C26H31N3O5S/c1-16-22-25(28-21-8-4-3-5-11-29(21)26(22)31)35-23(16)24(30)27-14-17-9-10-19(20(13-17)32-2)34-15-18-7-6-12-33-18/h9-10,13,18H,3-8,11-12,14-15H2,1-2H3,(H,27,30). The Labute approximate surface area is 208 Å². The molecule has 1 N–H and O–H groups in total. The third-order valence-corrected chi connectivity index (χ3v) is 7.93. The van der Waals surface area contributed by atoms with Crippen molar-refractivity contribution in [1.82, 2.24) is 14.9 Å². The summed E-state index contributed by atoms with van der Waals surface area (Å²) in [6.07, 6.45) is 6.13. The van der Waals surface area contributed by atoms with Crippen molar-refractivity contribution < 1.29 is 19.0 Å². The second-order valence-corrected chi connectivity index (χ2v) is 10.1. The quantitative estimate of drug-likeness (QED) is 0.531. The van der Waals surface area contributed by atoms with E-state index in [0.717, 1.165) is 56.5 Å². The topological polar surface area (TPSA) is 91.7 Å². The Kier molecular flexibility index (Phi) is 7.06. The molecule has 4 heterocycles. The van der Waals surface area contributed by atoms with Gasteiger partial charge in [-0.25, -0.2) is 4.98 Å². The number of nitrogens with zero attached hydrogens (tertiary/aromatic N) is 2. The van der Waals surface area contributed by atoms with E-state index in [1.165, 1.54) is 11.3 Å². The van der Waals surface area contributed by atoms with Crippen LogP contribution in [0.1, 0.15) is 58.7 Å². The first-order valence-corrected chi connectivity index (χ1v) is 13.1. The Bertz CT molecular complexity index is 1290. The molecule has 0 bridgehead atoms. The first kappa shape index (κ1) is 23.8. The van der Waals surface area contributed by atoms with Crippen molar-refractivity contribution in [1.29, 1.82) is 0 Å². The largest absolute Gasteiger partial charge is 0.493 e. The molecule has 1 unspecified atom stereocenters. The van der Waals surface area contributed by atoms with Crippen LogP contribution in [0.3, 0.4) is 0 Å². The summed E-state index contributed by atoms with van der Waals surface area (Å²) in [5.74, 6) is 1.90. The number of rotatable bonds is 7. The van der Waals surface area contributed by atoms with Gasteiger partial charge in [0.15, 0.2) is 11.5 Å². The maximum absolute atomic E-state index is 13.2. The van der Waals surface area contributed by atoms with Crippen LogP contribution in [0.5, 0.6) is 11.5 Å². The van der Waals surface area contributed by atoms with Gasteiger partial charge in [-0.15, -0.1) is 11.3 Å². The van der Waals surface area contributed by atoms with E-state index in [4.69, 9.17) is 19.2 Å². The van der Waals surface area contributed by atoms with E-state index in [-0.39, 0.29) is 17.6 Å². The summed E-state index contributed by atoms with van der Waals surface area (Å²) in [6.45, 7) is 4.15. The predicted octanol–water partition coefficient (Wildman–Crippen LogP) is 3.99. The highest BCUT2D eigenvalue weighted by Gasteiger charge is 2.22. The molecule has 8 nitrogen and oxygen atoms in total. The van der Waals surface area contributed by atoms with Gasteiger partial charge in [-0.3, -0.25) is 14.2 Å². The molecule has 0 spiro atoms. The normalized spacial score (nSPS) is 17.7. The SMILES string of the molecule is COc1cc(CNC(=O)c2sc3nc4n(c(=O)c3c2C)CCCCC4)ccc1OCC1CCCO1. The average Bonchev–Trinajstić information content (AvgIpc) is 3.43. The smallest absolute Gasteiger partial charge is 0.262 e. The van der Waals surface area contributed by atoms with Crippen LogP contribution >= 0.6 is 11.3 Å². The zero-order valence-corrected chi connectivity index (χ0v) is 21.0.